The average Bonchev–Trinajstić information content (AvgIpc) is 3.01. The van der Waals surface area contributed by atoms with E-state index in [0.717, 1.165) is 28.3 Å². The standard InChI is InChI=1S/C15H19ClN4O2S2.HI/c1-2-18-15(19-9-11-3-5-12(16)6-4-11)20-10-13-7-8-14(23-13)24(17,21)22;/h3-8H,2,9-10H2,1H3,(H2,17,21,22)(H2,18,19,20);1H. The Bertz CT molecular complexity index is 807. The van der Waals surface area contributed by atoms with Gasteiger partial charge in [-0.05, 0) is 36.8 Å². The summed E-state index contributed by atoms with van der Waals surface area (Å²) in [5.41, 5.74) is 1.05. The molecular formula is C15H20ClIN4O2S2. The second-order valence-corrected chi connectivity index (χ2v) is 8.33. The van der Waals surface area contributed by atoms with Gasteiger partial charge in [-0.2, -0.15) is 0 Å². The quantitative estimate of drug-likeness (QED) is 0.314. The Labute approximate surface area is 173 Å². The second kappa shape index (κ2) is 10.3. The van der Waals surface area contributed by atoms with Crippen molar-refractivity contribution in [3.8, 4) is 0 Å². The molecule has 0 aliphatic heterocycles. The number of hydrogen-bond donors (Lipinski definition) is 3. The minimum Gasteiger partial charge on any atom is -0.357 e. The molecule has 0 saturated heterocycles. The molecule has 0 spiro atoms. The molecule has 0 aliphatic rings. The molecule has 0 aliphatic carbocycles. The number of halogens is 2. The van der Waals surface area contributed by atoms with Crippen molar-refractivity contribution in [2.75, 3.05) is 6.54 Å². The SMILES string of the molecule is CCNC(=NCc1ccc(Cl)cc1)NCc1ccc(S(N)(=O)=O)s1.I. The van der Waals surface area contributed by atoms with Crippen LogP contribution < -0.4 is 15.8 Å². The van der Waals surface area contributed by atoms with Crippen LogP contribution in [0.2, 0.25) is 5.02 Å². The van der Waals surface area contributed by atoms with Crippen LogP contribution in [0, 0.1) is 0 Å². The van der Waals surface area contributed by atoms with Crippen LogP contribution in [0.4, 0.5) is 0 Å². The molecule has 1 aromatic carbocycles. The van der Waals surface area contributed by atoms with Crippen molar-refractivity contribution in [1.29, 1.82) is 0 Å². The summed E-state index contributed by atoms with van der Waals surface area (Å²) >= 11 is 7.01. The monoisotopic (exact) mass is 514 g/mol. The van der Waals surface area contributed by atoms with Gasteiger partial charge in [-0.25, -0.2) is 18.5 Å². The van der Waals surface area contributed by atoms with Crippen LogP contribution in [-0.2, 0) is 23.1 Å². The van der Waals surface area contributed by atoms with E-state index >= 15 is 0 Å². The van der Waals surface area contributed by atoms with Crippen molar-refractivity contribution in [1.82, 2.24) is 10.6 Å². The van der Waals surface area contributed by atoms with Gasteiger partial charge in [-0.3, -0.25) is 0 Å². The molecular weight excluding hydrogens is 495 g/mol. The van der Waals surface area contributed by atoms with Crippen molar-refractivity contribution in [3.05, 3.63) is 51.9 Å². The summed E-state index contributed by atoms with van der Waals surface area (Å²) in [6, 6.07) is 10.7. The first kappa shape index (κ1) is 22.2. The van der Waals surface area contributed by atoms with Crippen LogP contribution >= 0.6 is 46.9 Å². The largest absolute Gasteiger partial charge is 0.357 e. The highest BCUT2D eigenvalue weighted by atomic mass is 127. The Kier molecular flexibility index (Phi) is 9.14. The number of sulfonamides is 1. The normalized spacial score (nSPS) is 11.7. The van der Waals surface area contributed by atoms with Gasteiger partial charge in [-0.15, -0.1) is 35.3 Å². The lowest BCUT2D eigenvalue weighted by Crippen LogP contribution is -2.36. The van der Waals surface area contributed by atoms with Crippen LogP contribution in [0.15, 0.2) is 45.6 Å². The summed E-state index contributed by atoms with van der Waals surface area (Å²) < 4.78 is 22.7. The summed E-state index contributed by atoms with van der Waals surface area (Å²) in [4.78, 5) is 5.35. The van der Waals surface area contributed by atoms with Gasteiger partial charge >= 0.3 is 0 Å². The van der Waals surface area contributed by atoms with E-state index in [1.807, 2.05) is 31.2 Å². The molecule has 1 aromatic heterocycles. The lowest BCUT2D eigenvalue weighted by Gasteiger charge is -2.10. The zero-order valence-corrected chi connectivity index (χ0v) is 18.2. The van der Waals surface area contributed by atoms with Crippen molar-refractivity contribution < 1.29 is 8.42 Å². The molecule has 4 N–H and O–H groups in total. The molecule has 0 fully saturated rings. The van der Waals surface area contributed by atoms with Crippen molar-refractivity contribution >= 4 is 62.9 Å². The molecule has 0 atom stereocenters. The van der Waals surface area contributed by atoms with Gasteiger partial charge < -0.3 is 10.6 Å². The third kappa shape index (κ3) is 7.48. The molecule has 1 heterocycles. The molecule has 0 bridgehead atoms. The zero-order valence-electron chi connectivity index (χ0n) is 13.5. The minimum atomic E-state index is -3.65. The van der Waals surface area contributed by atoms with Gasteiger partial charge in [0.2, 0.25) is 10.0 Å². The molecule has 0 radical (unpaired) electrons. The van der Waals surface area contributed by atoms with E-state index < -0.39 is 10.0 Å². The number of nitrogens with zero attached hydrogens (tertiary/aromatic N) is 1. The number of guanidine groups is 1. The lowest BCUT2D eigenvalue weighted by atomic mass is 10.2. The lowest BCUT2D eigenvalue weighted by molar-refractivity contribution is 0.600. The number of aliphatic imine (C=N–C) groups is 1. The Morgan fingerprint density at radius 3 is 2.44 bits per heavy atom. The third-order valence-corrected chi connectivity index (χ3v) is 5.80. The molecule has 6 nitrogen and oxygen atoms in total. The average molecular weight is 515 g/mol. The fourth-order valence-electron chi connectivity index (χ4n) is 1.88. The van der Waals surface area contributed by atoms with E-state index in [2.05, 4.69) is 15.6 Å². The van der Waals surface area contributed by atoms with Crippen LogP contribution in [0.3, 0.4) is 0 Å². The van der Waals surface area contributed by atoms with E-state index in [-0.39, 0.29) is 28.2 Å². The first-order valence-corrected chi connectivity index (χ1v) is 10.0. The Morgan fingerprint density at radius 1 is 1.20 bits per heavy atom. The molecule has 0 saturated carbocycles. The van der Waals surface area contributed by atoms with E-state index in [4.69, 9.17) is 16.7 Å². The topological polar surface area (TPSA) is 96.6 Å². The number of thiophene rings is 1. The number of benzene rings is 1. The highest BCUT2D eigenvalue weighted by Gasteiger charge is 2.11. The molecule has 2 rings (SSSR count). The minimum absolute atomic E-state index is 0. The summed E-state index contributed by atoms with van der Waals surface area (Å²) in [6.07, 6.45) is 0. The third-order valence-electron chi connectivity index (χ3n) is 3.02. The van der Waals surface area contributed by atoms with Crippen LogP contribution in [0.25, 0.3) is 0 Å². The van der Waals surface area contributed by atoms with Crippen molar-refractivity contribution in [2.24, 2.45) is 10.1 Å². The van der Waals surface area contributed by atoms with Gasteiger partial charge in [0, 0.05) is 16.4 Å². The molecule has 0 unspecified atom stereocenters. The first-order chi connectivity index (χ1) is 11.4. The molecule has 25 heavy (non-hydrogen) atoms. The Balaban J connectivity index is 0.00000312. The second-order valence-electron chi connectivity index (χ2n) is 4.94. The maximum Gasteiger partial charge on any atom is 0.247 e. The van der Waals surface area contributed by atoms with E-state index in [9.17, 15) is 8.42 Å². The molecule has 2 aromatic rings. The number of nitrogens with two attached hydrogens (primary N) is 1. The summed E-state index contributed by atoms with van der Waals surface area (Å²) in [5.74, 6) is 0.651. The summed E-state index contributed by atoms with van der Waals surface area (Å²) in [5, 5.41) is 12.1. The highest BCUT2D eigenvalue weighted by Crippen LogP contribution is 2.19. The van der Waals surface area contributed by atoms with E-state index in [1.54, 1.807) is 6.07 Å². The maximum atomic E-state index is 11.3. The number of hydrogen-bond acceptors (Lipinski definition) is 4. The van der Waals surface area contributed by atoms with Crippen LogP contribution in [0.1, 0.15) is 17.4 Å². The fraction of sp³-hybridized carbons (Fsp3) is 0.267. The van der Waals surface area contributed by atoms with Gasteiger partial charge in [0.05, 0.1) is 13.1 Å². The summed E-state index contributed by atoms with van der Waals surface area (Å²) in [7, 11) is -3.65. The van der Waals surface area contributed by atoms with E-state index in [1.165, 1.54) is 6.07 Å². The Hall–Kier alpha value is -0.880. The molecule has 138 valence electrons. The smallest absolute Gasteiger partial charge is 0.247 e. The predicted octanol–water partition coefficient (Wildman–Crippen LogP) is 2.92. The Morgan fingerprint density at radius 2 is 1.88 bits per heavy atom. The molecule has 0 amide bonds. The number of nitrogens with one attached hydrogen (secondary N) is 2. The van der Waals surface area contributed by atoms with Crippen LogP contribution in [0.5, 0.6) is 0 Å². The number of primary sulfonamides is 1. The molecule has 10 heteroatoms. The predicted molar refractivity (Wildman–Crippen MR) is 114 cm³/mol. The first-order valence-electron chi connectivity index (χ1n) is 7.26. The fourth-order valence-corrected chi connectivity index (χ4v) is 3.72. The zero-order chi connectivity index (χ0) is 17.6. The van der Waals surface area contributed by atoms with Gasteiger partial charge in [0.15, 0.2) is 5.96 Å². The highest BCUT2D eigenvalue weighted by molar-refractivity contribution is 14.0. The van der Waals surface area contributed by atoms with Gasteiger partial charge in [0.1, 0.15) is 4.21 Å². The van der Waals surface area contributed by atoms with E-state index in [0.29, 0.717) is 24.1 Å². The van der Waals surface area contributed by atoms with Crippen molar-refractivity contribution in [2.45, 2.75) is 24.2 Å². The maximum absolute atomic E-state index is 11.3. The van der Waals surface area contributed by atoms with Gasteiger partial charge in [-0.1, -0.05) is 23.7 Å². The summed E-state index contributed by atoms with van der Waals surface area (Å²) in [6.45, 7) is 3.68. The number of rotatable bonds is 6. The van der Waals surface area contributed by atoms with Gasteiger partial charge in [0.25, 0.3) is 0 Å². The van der Waals surface area contributed by atoms with Crippen LogP contribution in [-0.4, -0.2) is 20.9 Å². The van der Waals surface area contributed by atoms with Crippen molar-refractivity contribution in [3.63, 3.8) is 0 Å².